The van der Waals surface area contributed by atoms with Gasteiger partial charge < -0.3 is 9.80 Å². The van der Waals surface area contributed by atoms with Crippen molar-refractivity contribution in [2.24, 2.45) is 0 Å². The summed E-state index contributed by atoms with van der Waals surface area (Å²) in [7, 11) is -5.31. The Morgan fingerprint density at radius 3 is 0.750 bits per heavy atom. The standard InChI is InChI=1S/C30H52N2Si4/c1-33(2,3)21-31(22-34(4,5)6)29-25-17-13-15-19-27(25)30(28-20-16-14-18-26(28)29)32(23-35(7,8)9)24-36(10,11)12/h13-20H,21-24H2,1-12H3. The SMILES string of the molecule is C[Si](C)(C)CN(C[Si](C)(C)C)c1c2ccccc2c(N(C[Si](C)(C)C)C[Si](C)(C)C)c2ccccc12. The van der Waals surface area contributed by atoms with E-state index in [1.54, 1.807) is 0 Å². The van der Waals surface area contributed by atoms with E-state index >= 15 is 0 Å². The molecule has 3 aromatic carbocycles. The van der Waals surface area contributed by atoms with Gasteiger partial charge in [0.15, 0.2) is 0 Å². The summed E-state index contributed by atoms with van der Waals surface area (Å²) in [6.07, 6.45) is 4.83. The molecule has 0 aliphatic rings. The second kappa shape index (κ2) is 10.4. The summed E-state index contributed by atoms with van der Waals surface area (Å²) in [4.78, 5) is 5.63. The van der Waals surface area contributed by atoms with Crippen molar-refractivity contribution in [1.29, 1.82) is 0 Å². The molecule has 0 bridgehead atoms. The highest BCUT2D eigenvalue weighted by atomic mass is 28.3. The third kappa shape index (κ3) is 7.82. The van der Waals surface area contributed by atoms with E-state index in [4.69, 9.17) is 0 Å². The van der Waals surface area contributed by atoms with Crippen molar-refractivity contribution >= 4 is 65.2 Å². The Kier molecular flexibility index (Phi) is 8.46. The van der Waals surface area contributed by atoms with E-state index in [2.05, 4.69) is 137 Å². The van der Waals surface area contributed by atoms with Gasteiger partial charge in [-0.05, 0) is 0 Å². The summed E-state index contributed by atoms with van der Waals surface area (Å²) in [5.74, 6) is 0. The highest BCUT2D eigenvalue weighted by Gasteiger charge is 2.30. The van der Waals surface area contributed by atoms with Gasteiger partial charge in [0.2, 0.25) is 0 Å². The number of benzene rings is 3. The van der Waals surface area contributed by atoms with E-state index in [0.717, 1.165) is 0 Å². The van der Waals surface area contributed by atoms with E-state index in [0.29, 0.717) is 0 Å². The van der Waals surface area contributed by atoms with Gasteiger partial charge in [-0.25, -0.2) is 0 Å². The fraction of sp³-hybridized carbons (Fsp3) is 0.533. The smallest absolute Gasteiger partial charge is 0.0665 e. The van der Waals surface area contributed by atoms with Crippen LogP contribution < -0.4 is 9.80 Å². The Morgan fingerprint density at radius 2 is 0.583 bits per heavy atom. The van der Waals surface area contributed by atoms with Crippen molar-refractivity contribution in [1.82, 2.24) is 0 Å². The zero-order valence-electron chi connectivity index (χ0n) is 25.3. The molecular weight excluding hydrogens is 501 g/mol. The van der Waals surface area contributed by atoms with Crippen LogP contribution in [-0.2, 0) is 0 Å². The molecule has 3 rings (SSSR count). The van der Waals surface area contributed by atoms with Crippen LogP contribution in [0.3, 0.4) is 0 Å². The minimum atomic E-state index is -1.33. The van der Waals surface area contributed by atoms with Gasteiger partial charge in [0, 0.05) is 46.2 Å². The van der Waals surface area contributed by atoms with Crippen molar-refractivity contribution in [3.8, 4) is 0 Å². The molecule has 0 aliphatic heterocycles. The zero-order valence-corrected chi connectivity index (χ0v) is 29.3. The molecule has 0 atom stereocenters. The Balaban J connectivity index is 2.43. The molecule has 6 heteroatoms. The third-order valence-corrected chi connectivity index (χ3v) is 11.5. The van der Waals surface area contributed by atoms with Crippen LogP contribution in [0.4, 0.5) is 11.4 Å². The Bertz CT molecular complexity index is 1010. The summed E-state index contributed by atoms with van der Waals surface area (Å²) in [6, 6.07) is 18.7. The molecule has 0 aromatic heterocycles. The average molecular weight is 553 g/mol. The summed E-state index contributed by atoms with van der Waals surface area (Å²) in [6.45, 7) is 30.2. The number of nitrogens with zero attached hydrogens (tertiary/aromatic N) is 2. The largest absolute Gasteiger partial charge is 0.376 e. The number of hydrogen-bond donors (Lipinski definition) is 0. The van der Waals surface area contributed by atoms with Crippen LogP contribution in [0.2, 0.25) is 78.6 Å². The van der Waals surface area contributed by atoms with Gasteiger partial charge in [-0.1, -0.05) is 127 Å². The molecule has 0 aliphatic carbocycles. The molecule has 36 heavy (non-hydrogen) atoms. The van der Waals surface area contributed by atoms with E-state index in [9.17, 15) is 0 Å². The van der Waals surface area contributed by atoms with Crippen LogP contribution >= 0.6 is 0 Å². The second-order valence-electron chi connectivity index (χ2n) is 15.7. The molecular formula is C30H52N2Si4. The summed E-state index contributed by atoms with van der Waals surface area (Å²) >= 11 is 0. The van der Waals surface area contributed by atoms with Crippen molar-refractivity contribution in [3.05, 3.63) is 48.5 Å². The number of fused-ring (bicyclic) bond motifs is 2. The van der Waals surface area contributed by atoms with Gasteiger partial charge in [-0.3, -0.25) is 0 Å². The van der Waals surface area contributed by atoms with Gasteiger partial charge in [0.1, 0.15) is 0 Å². The lowest BCUT2D eigenvalue weighted by atomic mass is 9.97. The fourth-order valence-electron chi connectivity index (χ4n) is 5.48. The normalized spacial score (nSPS) is 13.4. The molecule has 198 valence electrons. The van der Waals surface area contributed by atoms with Crippen molar-refractivity contribution in [2.45, 2.75) is 78.6 Å². The Morgan fingerprint density at radius 1 is 0.389 bits per heavy atom. The first-order chi connectivity index (χ1) is 16.3. The third-order valence-electron chi connectivity index (χ3n) is 6.17. The van der Waals surface area contributed by atoms with Crippen LogP contribution in [0.5, 0.6) is 0 Å². The van der Waals surface area contributed by atoms with Gasteiger partial charge >= 0.3 is 0 Å². The van der Waals surface area contributed by atoms with E-state index in [1.165, 1.54) is 57.6 Å². The Hall–Kier alpha value is -1.35. The molecule has 0 saturated carbocycles. The van der Waals surface area contributed by atoms with Crippen LogP contribution in [-0.4, -0.2) is 57.0 Å². The lowest BCUT2D eigenvalue weighted by Crippen LogP contribution is -2.48. The highest BCUT2D eigenvalue weighted by molar-refractivity contribution is 6.79. The van der Waals surface area contributed by atoms with Gasteiger partial charge in [0.05, 0.1) is 43.7 Å². The minimum Gasteiger partial charge on any atom is -0.376 e. The topological polar surface area (TPSA) is 6.48 Å². The van der Waals surface area contributed by atoms with Crippen molar-refractivity contribution < 1.29 is 0 Å². The molecule has 0 unspecified atom stereocenters. The first-order valence-electron chi connectivity index (χ1n) is 13.8. The maximum atomic E-state index is 2.81. The fourth-order valence-corrected chi connectivity index (χ4v) is 11.6. The predicted octanol–water partition coefficient (Wildman–Crippen LogP) is 9.12. The number of hydrogen-bond acceptors (Lipinski definition) is 2. The highest BCUT2D eigenvalue weighted by Crippen LogP contribution is 2.44. The average Bonchev–Trinajstić information content (AvgIpc) is 2.66. The van der Waals surface area contributed by atoms with Crippen molar-refractivity contribution in [3.63, 3.8) is 0 Å². The molecule has 3 aromatic rings. The predicted molar refractivity (Wildman–Crippen MR) is 179 cm³/mol. The molecule has 0 fully saturated rings. The van der Waals surface area contributed by atoms with Gasteiger partial charge in [0.25, 0.3) is 0 Å². The maximum absolute atomic E-state index is 2.81. The van der Waals surface area contributed by atoms with Gasteiger partial charge in [-0.2, -0.15) is 0 Å². The van der Waals surface area contributed by atoms with Crippen LogP contribution in [0.25, 0.3) is 21.5 Å². The molecule has 0 radical (unpaired) electrons. The van der Waals surface area contributed by atoms with E-state index in [1.807, 2.05) is 0 Å². The molecule has 0 N–H and O–H groups in total. The summed E-state index contributed by atoms with van der Waals surface area (Å²) < 4.78 is 0. The number of rotatable bonds is 10. The van der Waals surface area contributed by atoms with E-state index < -0.39 is 32.3 Å². The summed E-state index contributed by atoms with van der Waals surface area (Å²) in [5, 5.41) is 5.77. The number of anilines is 2. The molecule has 0 heterocycles. The zero-order chi connectivity index (χ0) is 27.1. The Labute approximate surface area is 226 Å². The van der Waals surface area contributed by atoms with Crippen LogP contribution in [0, 0.1) is 0 Å². The first kappa shape index (κ1) is 29.2. The monoisotopic (exact) mass is 552 g/mol. The summed E-state index contributed by atoms with van der Waals surface area (Å²) in [5.41, 5.74) is 2.96. The first-order valence-corrected chi connectivity index (χ1v) is 28.6. The quantitative estimate of drug-likeness (QED) is 0.140. The molecule has 0 spiro atoms. The lowest BCUT2D eigenvalue weighted by molar-refractivity contribution is 1.00. The van der Waals surface area contributed by atoms with Crippen molar-refractivity contribution in [2.75, 3.05) is 34.5 Å². The van der Waals surface area contributed by atoms with Gasteiger partial charge in [-0.15, -0.1) is 0 Å². The van der Waals surface area contributed by atoms with Crippen LogP contribution in [0.1, 0.15) is 0 Å². The minimum absolute atomic E-state index is 1.21. The van der Waals surface area contributed by atoms with Crippen LogP contribution in [0.15, 0.2) is 48.5 Å². The second-order valence-corrected chi connectivity index (χ2v) is 37.5. The van der Waals surface area contributed by atoms with E-state index in [-0.39, 0.29) is 0 Å². The molecule has 0 amide bonds. The lowest BCUT2D eigenvalue weighted by Gasteiger charge is -2.39. The molecule has 2 nitrogen and oxygen atoms in total. The molecule has 0 saturated heterocycles. The maximum Gasteiger partial charge on any atom is 0.0665 e.